The van der Waals surface area contributed by atoms with Crippen LogP contribution in [0.1, 0.15) is 22.5 Å². The Labute approximate surface area is 85.1 Å². The number of aromatic nitrogens is 2. The number of aryl methyl sites for hydroxylation is 4. The fourth-order valence-corrected chi connectivity index (χ4v) is 2.36. The zero-order valence-electron chi connectivity index (χ0n) is 9.89. The van der Waals surface area contributed by atoms with E-state index < -0.39 is 0 Å². The molecule has 0 aliphatic heterocycles. The predicted molar refractivity (Wildman–Crippen MR) is 60.8 cm³/mol. The summed E-state index contributed by atoms with van der Waals surface area (Å²) >= 11 is 0. The topological polar surface area (TPSA) is 9.86 Å². The molecule has 0 aliphatic rings. The van der Waals surface area contributed by atoms with Crippen molar-refractivity contribution in [3.8, 4) is 0 Å². The van der Waals surface area contributed by atoms with Crippen LogP contribution in [0.5, 0.6) is 0 Å². The third kappa shape index (κ3) is 0.861. The van der Waals surface area contributed by atoms with Crippen molar-refractivity contribution in [2.75, 3.05) is 0 Å². The summed E-state index contributed by atoms with van der Waals surface area (Å²) in [5.41, 5.74) is 8.32. The zero-order chi connectivity index (χ0) is 10.6. The minimum Gasteiger partial charge on any atom is -0.346 e. The van der Waals surface area contributed by atoms with Crippen LogP contribution in [0, 0.1) is 27.7 Å². The van der Waals surface area contributed by atoms with E-state index in [0.717, 1.165) is 0 Å². The Bertz CT molecular complexity index is 425. The van der Waals surface area contributed by atoms with E-state index in [9.17, 15) is 0 Å². The van der Waals surface area contributed by atoms with Crippen LogP contribution in [-0.4, -0.2) is 9.13 Å². The largest absolute Gasteiger partial charge is 0.346 e. The van der Waals surface area contributed by atoms with Gasteiger partial charge in [0, 0.05) is 25.5 Å². The lowest BCUT2D eigenvalue weighted by Gasteiger charge is -2.02. The molecule has 0 aliphatic carbocycles. The molecule has 0 fully saturated rings. The molecule has 0 aromatic carbocycles. The van der Waals surface area contributed by atoms with Crippen molar-refractivity contribution in [1.82, 2.24) is 9.13 Å². The number of hydrogen-bond acceptors (Lipinski definition) is 0. The molecule has 0 amide bonds. The van der Waals surface area contributed by atoms with Crippen LogP contribution >= 0.6 is 0 Å². The average molecular weight is 190 g/mol. The molecule has 0 bridgehead atoms. The summed E-state index contributed by atoms with van der Waals surface area (Å²) in [6.45, 7) is 8.78. The van der Waals surface area contributed by atoms with Crippen molar-refractivity contribution in [3.63, 3.8) is 0 Å². The molecule has 2 nitrogen and oxygen atoms in total. The van der Waals surface area contributed by atoms with E-state index in [1.54, 1.807) is 0 Å². The molecule has 14 heavy (non-hydrogen) atoms. The summed E-state index contributed by atoms with van der Waals surface area (Å²) < 4.78 is 4.60. The molecule has 0 radical (unpaired) electrons. The standard InChI is InChI=1S/C12H18N2/c1-7-9(3)13(5)12-8(2)10(4)14(6)11(7)12/h1-6H3. The average Bonchev–Trinajstić information content (AvgIpc) is 2.51. The van der Waals surface area contributed by atoms with Crippen molar-refractivity contribution < 1.29 is 0 Å². The Morgan fingerprint density at radius 1 is 0.643 bits per heavy atom. The van der Waals surface area contributed by atoms with E-state index in [2.05, 4.69) is 50.9 Å². The Hall–Kier alpha value is -1.18. The minimum absolute atomic E-state index is 1.37. The Morgan fingerprint density at radius 2 is 0.929 bits per heavy atom. The van der Waals surface area contributed by atoms with E-state index >= 15 is 0 Å². The van der Waals surface area contributed by atoms with Crippen LogP contribution in [0.2, 0.25) is 0 Å². The first kappa shape index (κ1) is 9.38. The molecule has 2 rings (SSSR count). The number of nitrogens with zero attached hydrogens (tertiary/aromatic N) is 2. The van der Waals surface area contributed by atoms with Gasteiger partial charge in [0.05, 0.1) is 11.0 Å². The van der Waals surface area contributed by atoms with Crippen LogP contribution in [0.3, 0.4) is 0 Å². The lowest BCUT2D eigenvalue weighted by molar-refractivity contribution is 0.891. The first-order valence-electron chi connectivity index (χ1n) is 5.04. The van der Waals surface area contributed by atoms with Crippen LogP contribution in [-0.2, 0) is 14.1 Å². The summed E-state index contributed by atoms with van der Waals surface area (Å²) in [5.74, 6) is 0. The second kappa shape index (κ2) is 2.66. The molecule has 2 aromatic rings. The van der Waals surface area contributed by atoms with Gasteiger partial charge in [-0.3, -0.25) is 0 Å². The summed E-state index contributed by atoms with van der Waals surface area (Å²) in [6.07, 6.45) is 0. The Balaban J connectivity index is 3.08. The van der Waals surface area contributed by atoms with Gasteiger partial charge in [-0.05, 0) is 38.8 Å². The molecule has 0 spiro atoms. The van der Waals surface area contributed by atoms with E-state index in [1.165, 1.54) is 33.5 Å². The van der Waals surface area contributed by atoms with Crippen molar-refractivity contribution in [1.29, 1.82) is 0 Å². The minimum atomic E-state index is 1.37. The molecular formula is C12H18N2. The van der Waals surface area contributed by atoms with E-state index in [0.29, 0.717) is 0 Å². The highest BCUT2D eigenvalue weighted by atomic mass is 15.0. The molecule has 0 saturated carbocycles. The maximum absolute atomic E-state index is 2.30. The van der Waals surface area contributed by atoms with Crippen molar-refractivity contribution in [3.05, 3.63) is 22.5 Å². The fourth-order valence-electron chi connectivity index (χ4n) is 2.36. The maximum Gasteiger partial charge on any atom is 0.0697 e. The molecule has 2 heteroatoms. The molecule has 0 atom stereocenters. The van der Waals surface area contributed by atoms with E-state index in [4.69, 9.17) is 0 Å². The van der Waals surface area contributed by atoms with Gasteiger partial charge in [-0.2, -0.15) is 0 Å². The number of rotatable bonds is 0. The zero-order valence-corrected chi connectivity index (χ0v) is 9.89. The molecule has 2 aromatic heterocycles. The van der Waals surface area contributed by atoms with Crippen molar-refractivity contribution in [2.24, 2.45) is 14.1 Å². The SMILES string of the molecule is Cc1c(C)n(C)c2c(C)c(C)n(C)c12. The van der Waals surface area contributed by atoms with Gasteiger partial charge >= 0.3 is 0 Å². The summed E-state index contributed by atoms with van der Waals surface area (Å²) in [6, 6.07) is 0. The maximum atomic E-state index is 2.30. The van der Waals surface area contributed by atoms with Gasteiger partial charge in [0.2, 0.25) is 0 Å². The first-order chi connectivity index (χ1) is 6.46. The lowest BCUT2D eigenvalue weighted by Crippen LogP contribution is -1.94. The second-order valence-corrected chi connectivity index (χ2v) is 4.24. The number of hydrogen-bond donors (Lipinski definition) is 0. The van der Waals surface area contributed by atoms with E-state index in [1.807, 2.05) is 0 Å². The third-order valence-electron chi connectivity index (χ3n) is 3.70. The number of fused-ring (bicyclic) bond motifs is 1. The van der Waals surface area contributed by atoms with Gasteiger partial charge in [0.15, 0.2) is 0 Å². The summed E-state index contributed by atoms with van der Waals surface area (Å²) in [5, 5.41) is 0. The third-order valence-corrected chi connectivity index (χ3v) is 3.70. The molecule has 2 heterocycles. The normalized spacial score (nSPS) is 11.6. The van der Waals surface area contributed by atoms with Crippen molar-refractivity contribution in [2.45, 2.75) is 27.7 Å². The lowest BCUT2D eigenvalue weighted by atomic mass is 10.2. The van der Waals surface area contributed by atoms with Crippen LogP contribution in [0.4, 0.5) is 0 Å². The Morgan fingerprint density at radius 3 is 1.21 bits per heavy atom. The predicted octanol–water partition coefficient (Wildman–Crippen LogP) is 2.75. The van der Waals surface area contributed by atoms with Gasteiger partial charge in [0.25, 0.3) is 0 Å². The van der Waals surface area contributed by atoms with Gasteiger partial charge < -0.3 is 9.13 Å². The van der Waals surface area contributed by atoms with Crippen LogP contribution in [0.25, 0.3) is 11.0 Å². The molecule has 76 valence electrons. The first-order valence-corrected chi connectivity index (χ1v) is 5.04. The highest BCUT2D eigenvalue weighted by Gasteiger charge is 2.16. The van der Waals surface area contributed by atoms with Crippen LogP contribution < -0.4 is 0 Å². The molecule has 0 saturated heterocycles. The van der Waals surface area contributed by atoms with E-state index in [-0.39, 0.29) is 0 Å². The highest BCUT2D eigenvalue weighted by molar-refractivity contribution is 5.87. The molecular weight excluding hydrogens is 172 g/mol. The fraction of sp³-hybridized carbons (Fsp3) is 0.500. The second-order valence-electron chi connectivity index (χ2n) is 4.24. The Kier molecular flexibility index (Phi) is 1.78. The quantitative estimate of drug-likeness (QED) is 0.604. The van der Waals surface area contributed by atoms with Crippen LogP contribution in [0.15, 0.2) is 0 Å². The molecule has 0 unspecified atom stereocenters. The van der Waals surface area contributed by atoms with Crippen molar-refractivity contribution >= 4 is 11.0 Å². The monoisotopic (exact) mass is 190 g/mol. The van der Waals surface area contributed by atoms with Gasteiger partial charge in [0.1, 0.15) is 0 Å². The van der Waals surface area contributed by atoms with Gasteiger partial charge in [-0.1, -0.05) is 0 Å². The van der Waals surface area contributed by atoms with Gasteiger partial charge in [-0.15, -0.1) is 0 Å². The highest BCUT2D eigenvalue weighted by Crippen LogP contribution is 2.30. The van der Waals surface area contributed by atoms with Gasteiger partial charge in [-0.25, -0.2) is 0 Å². The summed E-state index contributed by atoms with van der Waals surface area (Å²) in [4.78, 5) is 0. The molecule has 0 N–H and O–H groups in total. The smallest absolute Gasteiger partial charge is 0.0697 e. The summed E-state index contributed by atoms with van der Waals surface area (Å²) in [7, 11) is 4.30.